The molecule has 3 rings (SSSR count). The van der Waals surface area contributed by atoms with Crippen LogP contribution in [0.5, 0.6) is 11.5 Å². The monoisotopic (exact) mass is 575 g/mol. The zero-order valence-corrected chi connectivity index (χ0v) is 23.0. The Morgan fingerprint density at radius 2 is 1.41 bits per heavy atom. The van der Waals surface area contributed by atoms with E-state index in [0.717, 1.165) is 26.4 Å². The van der Waals surface area contributed by atoms with Crippen molar-refractivity contribution in [1.29, 1.82) is 0 Å². The van der Waals surface area contributed by atoms with Crippen LogP contribution in [0.4, 0.5) is 16.2 Å². The molecule has 1 heterocycles. The van der Waals surface area contributed by atoms with Gasteiger partial charge in [0.2, 0.25) is 0 Å². The summed E-state index contributed by atoms with van der Waals surface area (Å²) in [5, 5.41) is 22.6. The first kappa shape index (κ1) is 30.6. The summed E-state index contributed by atoms with van der Waals surface area (Å²) in [4.78, 5) is 59.7. The molecule has 0 aromatic heterocycles. The van der Waals surface area contributed by atoms with E-state index in [1.54, 1.807) is 20.8 Å². The van der Waals surface area contributed by atoms with E-state index in [9.17, 15) is 34.6 Å². The lowest BCUT2D eigenvalue weighted by Gasteiger charge is -2.28. The molecule has 1 aliphatic heterocycles. The van der Waals surface area contributed by atoms with Gasteiger partial charge in [0.05, 0.1) is 36.7 Å². The molecule has 1 aliphatic rings. The van der Waals surface area contributed by atoms with Crippen LogP contribution in [0.15, 0.2) is 36.4 Å². The van der Waals surface area contributed by atoms with Gasteiger partial charge < -0.3 is 23.7 Å². The maximum Gasteiger partial charge on any atom is 0.410 e. The smallest absolute Gasteiger partial charge is 0.410 e. The Balaban J connectivity index is 1.83. The number of methoxy groups -OCH3 is 2. The molecular weight excluding hydrogens is 546 g/mol. The van der Waals surface area contributed by atoms with Gasteiger partial charge in [-0.2, -0.15) is 0 Å². The van der Waals surface area contributed by atoms with Crippen LogP contribution in [0.3, 0.4) is 0 Å². The van der Waals surface area contributed by atoms with Gasteiger partial charge in [0.25, 0.3) is 11.4 Å². The van der Waals surface area contributed by atoms with Gasteiger partial charge in [-0.3, -0.25) is 25.1 Å². The summed E-state index contributed by atoms with van der Waals surface area (Å²) >= 11 is 0. The maximum absolute atomic E-state index is 13.0. The first-order valence-electron chi connectivity index (χ1n) is 12.3. The predicted octanol–water partition coefficient (Wildman–Crippen LogP) is 3.91. The van der Waals surface area contributed by atoms with Gasteiger partial charge in [0.15, 0.2) is 0 Å². The first-order valence-corrected chi connectivity index (χ1v) is 12.3. The minimum atomic E-state index is -0.915. The topological polar surface area (TPSA) is 187 Å². The van der Waals surface area contributed by atoms with Gasteiger partial charge in [-0.1, -0.05) is 0 Å². The minimum Gasteiger partial charge on any atom is -0.491 e. The van der Waals surface area contributed by atoms with Crippen molar-refractivity contribution in [2.24, 2.45) is 0 Å². The number of hydrogen-bond acceptors (Lipinski definition) is 12. The fraction of sp³-hybridized carbons (Fsp3) is 0.423. The Labute approximate surface area is 234 Å². The molecule has 2 aromatic carbocycles. The van der Waals surface area contributed by atoms with Gasteiger partial charge in [0, 0.05) is 30.7 Å². The molecule has 1 amide bonds. The molecule has 2 aromatic rings. The van der Waals surface area contributed by atoms with Crippen molar-refractivity contribution in [3.63, 3.8) is 0 Å². The Bertz CT molecular complexity index is 1350. The van der Waals surface area contributed by atoms with E-state index in [1.807, 2.05) is 0 Å². The highest BCUT2D eigenvalue weighted by atomic mass is 16.6. The number of carbonyl (C=O) groups excluding carboxylic acids is 3. The lowest BCUT2D eigenvalue weighted by Crippen LogP contribution is -2.42. The fourth-order valence-electron chi connectivity index (χ4n) is 4.10. The Morgan fingerprint density at radius 1 is 0.902 bits per heavy atom. The fourth-order valence-corrected chi connectivity index (χ4v) is 4.10. The number of ether oxygens (including phenoxy) is 5. The second-order valence-electron chi connectivity index (χ2n) is 9.93. The molecule has 0 radical (unpaired) electrons. The van der Waals surface area contributed by atoms with Crippen molar-refractivity contribution in [3.8, 4) is 11.5 Å². The van der Waals surface area contributed by atoms with E-state index in [1.165, 1.54) is 29.2 Å². The third-order valence-corrected chi connectivity index (χ3v) is 5.89. The lowest BCUT2D eigenvalue weighted by atomic mass is 10.1. The van der Waals surface area contributed by atoms with E-state index in [-0.39, 0.29) is 42.2 Å². The molecule has 2 unspecified atom stereocenters. The molecule has 0 bridgehead atoms. The summed E-state index contributed by atoms with van der Waals surface area (Å²) in [5.41, 5.74) is -2.30. The van der Waals surface area contributed by atoms with Crippen LogP contribution in [0.25, 0.3) is 0 Å². The van der Waals surface area contributed by atoms with Crippen LogP contribution in [0, 0.1) is 20.2 Å². The van der Waals surface area contributed by atoms with Crippen molar-refractivity contribution in [2.45, 2.75) is 44.9 Å². The zero-order valence-electron chi connectivity index (χ0n) is 23.0. The van der Waals surface area contributed by atoms with E-state index in [2.05, 4.69) is 9.47 Å². The largest absolute Gasteiger partial charge is 0.491 e. The highest BCUT2D eigenvalue weighted by Crippen LogP contribution is 2.30. The number of carbonyl (C=O) groups is 3. The number of nitro benzene ring substituents is 2. The lowest BCUT2D eigenvalue weighted by molar-refractivity contribution is -0.385. The summed E-state index contributed by atoms with van der Waals surface area (Å²) < 4.78 is 26.6. The Hall–Kier alpha value is -4.95. The first-order chi connectivity index (χ1) is 19.2. The van der Waals surface area contributed by atoms with Gasteiger partial charge in [-0.15, -0.1) is 0 Å². The molecular formula is C26H29N3O12. The quantitative estimate of drug-likeness (QED) is 0.182. The van der Waals surface area contributed by atoms with Crippen LogP contribution < -0.4 is 9.47 Å². The average Bonchev–Trinajstić information content (AvgIpc) is 3.32. The molecule has 220 valence electrons. The maximum atomic E-state index is 13.0. The van der Waals surface area contributed by atoms with Crippen LogP contribution in [0.1, 0.15) is 47.9 Å². The van der Waals surface area contributed by atoms with Crippen LogP contribution in [-0.2, 0) is 14.2 Å². The van der Waals surface area contributed by atoms with E-state index < -0.39 is 57.0 Å². The third kappa shape index (κ3) is 7.58. The molecule has 15 nitrogen and oxygen atoms in total. The molecule has 41 heavy (non-hydrogen) atoms. The minimum absolute atomic E-state index is 0.0567. The van der Waals surface area contributed by atoms with Crippen molar-refractivity contribution in [3.05, 3.63) is 67.8 Å². The standard InChI is InChI=1S/C26H29N3O12/c1-26(2,3)41-25(32)27-13-18(40-17-7-9-22(29(35)36)20(12-17)24(31)38-5)10-15(27)14-39-16-6-8-21(28(33)34)19(11-16)23(30)37-4/h6-9,11-12,15,18H,10,13-14H2,1-5H3. The zero-order chi connectivity index (χ0) is 30.5. The second kappa shape index (κ2) is 12.5. The van der Waals surface area contributed by atoms with Crippen molar-refractivity contribution in [1.82, 2.24) is 4.90 Å². The van der Waals surface area contributed by atoms with Crippen LogP contribution >= 0.6 is 0 Å². The molecule has 1 fully saturated rings. The van der Waals surface area contributed by atoms with Crippen LogP contribution in [-0.4, -0.2) is 77.9 Å². The number of rotatable bonds is 9. The molecule has 15 heteroatoms. The number of benzene rings is 2. The summed E-state index contributed by atoms with van der Waals surface area (Å²) in [6.07, 6.45) is -1.03. The summed E-state index contributed by atoms with van der Waals surface area (Å²) in [5.74, 6) is -1.56. The number of likely N-dealkylation sites (tertiary alicyclic amines) is 1. The number of hydrogen-bond donors (Lipinski definition) is 0. The van der Waals surface area contributed by atoms with Crippen molar-refractivity contribution in [2.75, 3.05) is 27.4 Å². The van der Waals surface area contributed by atoms with Gasteiger partial charge in [0.1, 0.15) is 40.9 Å². The van der Waals surface area contributed by atoms with Gasteiger partial charge in [-0.05, 0) is 32.9 Å². The number of esters is 2. The Morgan fingerprint density at radius 3 is 1.90 bits per heavy atom. The van der Waals surface area contributed by atoms with Crippen molar-refractivity contribution < 1.29 is 47.9 Å². The van der Waals surface area contributed by atoms with Gasteiger partial charge in [-0.25, -0.2) is 14.4 Å². The molecule has 1 saturated heterocycles. The average molecular weight is 576 g/mol. The summed E-state index contributed by atoms with van der Waals surface area (Å²) in [6, 6.07) is 6.66. The number of nitrogens with zero attached hydrogens (tertiary/aromatic N) is 3. The third-order valence-electron chi connectivity index (χ3n) is 5.89. The molecule has 0 N–H and O–H groups in total. The van der Waals surface area contributed by atoms with Crippen molar-refractivity contribution >= 4 is 29.4 Å². The molecule has 2 atom stereocenters. The highest BCUT2D eigenvalue weighted by molar-refractivity contribution is 5.94. The summed E-state index contributed by atoms with van der Waals surface area (Å²) in [6.45, 7) is 5.08. The molecule has 0 saturated carbocycles. The Kier molecular flexibility index (Phi) is 9.32. The van der Waals surface area contributed by atoms with Crippen LogP contribution in [0.2, 0.25) is 0 Å². The second-order valence-corrected chi connectivity index (χ2v) is 9.93. The number of nitro groups is 2. The normalized spacial score (nSPS) is 16.5. The number of amides is 1. The summed E-state index contributed by atoms with van der Waals surface area (Å²) in [7, 11) is 2.19. The van der Waals surface area contributed by atoms with Gasteiger partial charge >= 0.3 is 18.0 Å². The highest BCUT2D eigenvalue weighted by Gasteiger charge is 2.39. The van der Waals surface area contributed by atoms with E-state index in [0.29, 0.717) is 0 Å². The van der Waals surface area contributed by atoms with E-state index in [4.69, 9.17) is 14.2 Å². The predicted molar refractivity (Wildman–Crippen MR) is 140 cm³/mol. The SMILES string of the molecule is COC(=O)c1cc(OCC2CC(Oc3ccc([N+](=O)[O-])c(C(=O)OC)c3)CN2C(=O)OC(C)(C)C)ccc1[N+](=O)[O-]. The molecule has 0 spiro atoms. The van der Waals surface area contributed by atoms with E-state index >= 15 is 0 Å². The molecule has 0 aliphatic carbocycles.